The zero-order chi connectivity index (χ0) is 26.9. The average molecular weight is 513 g/mol. The number of fused-ring (bicyclic) bond motifs is 1. The third kappa shape index (κ3) is 5.18. The van der Waals surface area contributed by atoms with Gasteiger partial charge in [-0.05, 0) is 117 Å². The molecule has 0 radical (unpaired) electrons. The molecule has 1 aliphatic heterocycles. The minimum Gasteiger partial charge on any atom is -0.497 e. The van der Waals surface area contributed by atoms with E-state index in [0.717, 1.165) is 66.0 Å². The van der Waals surface area contributed by atoms with Crippen LogP contribution in [-0.4, -0.2) is 29.5 Å². The molecule has 4 saturated carbocycles. The number of methoxy groups -OCH3 is 1. The average Bonchev–Trinajstić information content (AvgIpc) is 2.91. The van der Waals surface area contributed by atoms with E-state index in [0.29, 0.717) is 0 Å². The van der Waals surface area contributed by atoms with Gasteiger partial charge in [-0.2, -0.15) is 0 Å². The quantitative estimate of drug-likeness (QED) is 0.289. The number of carbonyl (C=O) groups excluding carboxylic acids is 1. The van der Waals surface area contributed by atoms with Gasteiger partial charge in [0.1, 0.15) is 5.75 Å². The highest BCUT2D eigenvalue weighted by Gasteiger charge is 2.51. The summed E-state index contributed by atoms with van der Waals surface area (Å²) in [6, 6.07) is 5.92. The third-order valence-corrected chi connectivity index (χ3v) is 9.61. The Morgan fingerprint density at radius 3 is 2.47 bits per heavy atom. The SMILES string of the molecule is C#CC(=O)N1[C@@H](CCCC)Cc2cc(OC)ccc2[C@@H]1C(=C)/C=C\C(=C/C)NC12CC3CC(CC(C3)C1)C2. The molecule has 1 heterocycles. The van der Waals surface area contributed by atoms with Crippen molar-refractivity contribution in [2.24, 2.45) is 17.8 Å². The monoisotopic (exact) mass is 512 g/mol. The van der Waals surface area contributed by atoms with E-state index in [9.17, 15) is 4.79 Å². The molecule has 1 aromatic rings. The summed E-state index contributed by atoms with van der Waals surface area (Å²) in [5.41, 5.74) is 4.58. The van der Waals surface area contributed by atoms with Crippen LogP contribution in [0, 0.1) is 30.1 Å². The molecule has 1 amide bonds. The minimum atomic E-state index is -0.288. The summed E-state index contributed by atoms with van der Waals surface area (Å²) in [4.78, 5) is 15.1. The van der Waals surface area contributed by atoms with Gasteiger partial charge in [-0.1, -0.05) is 44.6 Å². The number of terminal acetylenes is 1. The van der Waals surface area contributed by atoms with Crippen molar-refractivity contribution in [3.05, 3.63) is 65.4 Å². The first kappa shape index (κ1) is 26.7. The number of carbonyl (C=O) groups is 1. The van der Waals surface area contributed by atoms with Crippen LogP contribution in [0.4, 0.5) is 0 Å². The lowest BCUT2D eigenvalue weighted by Gasteiger charge is -2.57. The van der Waals surface area contributed by atoms with Gasteiger partial charge in [0, 0.05) is 17.3 Å². The molecule has 38 heavy (non-hydrogen) atoms. The van der Waals surface area contributed by atoms with Gasteiger partial charge in [-0.3, -0.25) is 4.79 Å². The predicted molar refractivity (Wildman–Crippen MR) is 155 cm³/mol. The largest absolute Gasteiger partial charge is 0.497 e. The fourth-order valence-electron chi connectivity index (χ4n) is 8.35. The molecule has 0 saturated heterocycles. The van der Waals surface area contributed by atoms with Crippen molar-refractivity contribution < 1.29 is 9.53 Å². The summed E-state index contributed by atoms with van der Waals surface area (Å²) in [6.07, 6.45) is 24.2. The molecule has 2 atom stereocenters. The molecular weight excluding hydrogens is 468 g/mol. The number of hydrogen-bond donors (Lipinski definition) is 1. The zero-order valence-corrected chi connectivity index (χ0v) is 23.5. The van der Waals surface area contributed by atoms with Crippen molar-refractivity contribution in [1.29, 1.82) is 0 Å². The molecule has 6 rings (SSSR count). The number of amides is 1. The second-order valence-electron chi connectivity index (χ2n) is 12.3. The Labute approximate surface area is 229 Å². The van der Waals surface area contributed by atoms with Crippen LogP contribution in [-0.2, 0) is 11.2 Å². The van der Waals surface area contributed by atoms with Crippen molar-refractivity contribution in [2.75, 3.05) is 7.11 Å². The fourth-order valence-corrected chi connectivity index (χ4v) is 8.35. The maximum Gasteiger partial charge on any atom is 0.299 e. The summed E-state index contributed by atoms with van der Waals surface area (Å²) >= 11 is 0. The normalized spacial score (nSPS) is 31.7. The van der Waals surface area contributed by atoms with Crippen LogP contribution >= 0.6 is 0 Å². The van der Waals surface area contributed by atoms with E-state index in [1.54, 1.807) is 7.11 Å². The molecule has 4 heteroatoms. The summed E-state index contributed by atoms with van der Waals surface area (Å²) in [6.45, 7) is 8.79. The Hall–Kier alpha value is -2.93. The molecule has 1 aromatic carbocycles. The zero-order valence-electron chi connectivity index (χ0n) is 23.5. The van der Waals surface area contributed by atoms with Crippen LogP contribution < -0.4 is 10.1 Å². The van der Waals surface area contributed by atoms with Crippen LogP contribution in [0.1, 0.15) is 88.8 Å². The maximum absolute atomic E-state index is 13.2. The van der Waals surface area contributed by atoms with E-state index < -0.39 is 0 Å². The van der Waals surface area contributed by atoms with Gasteiger partial charge in [0.25, 0.3) is 5.91 Å². The first-order chi connectivity index (χ1) is 18.4. The van der Waals surface area contributed by atoms with Gasteiger partial charge in [-0.25, -0.2) is 0 Å². The Bertz CT molecular complexity index is 1130. The summed E-state index contributed by atoms with van der Waals surface area (Å²) < 4.78 is 5.53. The number of ether oxygens (including phenoxy) is 1. The molecule has 4 bridgehead atoms. The molecule has 5 aliphatic rings. The molecule has 1 N–H and O–H groups in total. The Balaban J connectivity index is 1.41. The summed E-state index contributed by atoms with van der Waals surface area (Å²) in [5, 5.41) is 3.99. The molecule has 202 valence electrons. The van der Waals surface area contributed by atoms with Crippen molar-refractivity contribution in [3.8, 4) is 18.1 Å². The first-order valence-corrected chi connectivity index (χ1v) is 14.7. The van der Waals surface area contributed by atoms with E-state index in [-0.39, 0.29) is 23.5 Å². The van der Waals surface area contributed by atoms with Gasteiger partial charge in [0.05, 0.1) is 13.2 Å². The van der Waals surface area contributed by atoms with E-state index in [1.165, 1.54) is 44.1 Å². The molecule has 0 spiro atoms. The Kier molecular flexibility index (Phi) is 7.75. The highest BCUT2D eigenvalue weighted by molar-refractivity contribution is 5.94. The Morgan fingerprint density at radius 1 is 1.21 bits per heavy atom. The van der Waals surface area contributed by atoms with Crippen molar-refractivity contribution in [3.63, 3.8) is 0 Å². The first-order valence-electron chi connectivity index (χ1n) is 14.7. The van der Waals surface area contributed by atoms with Crippen molar-refractivity contribution in [1.82, 2.24) is 10.2 Å². The van der Waals surface area contributed by atoms with E-state index in [4.69, 9.17) is 11.2 Å². The van der Waals surface area contributed by atoms with Crippen LogP contribution in [0.5, 0.6) is 5.75 Å². The van der Waals surface area contributed by atoms with Gasteiger partial charge in [-0.15, -0.1) is 6.42 Å². The van der Waals surface area contributed by atoms with Crippen molar-refractivity contribution >= 4 is 5.91 Å². The predicted octanol–water partition coefficient (Wildman–Crippen LogP) is 6.89. The van der Waals surface area contributed by atoms with Crippen LogP contribution in [0.2, 0.25) is 0 Å². The number of unbranched alkanes of at least 4 members (excludes halogenated alkanes) is 1. The fraction of sp³-hybridized carbons (Fsp3) is 0.559. The van der Waals surface area contributed by atoms with Gasteiger partial charge < -0.3 is 15.0 Å². The standard InChI is InChI=1S/C34H44N2O2/c1-6-9-10-29-18-27-19-30(38-5)13-14-31(27)33(36(29)32(37)8-3)23(4)11-12-28(7-2)35-34-20-24-15-25(21-34)17-26(16-24)22-34/h3,7,11-14,19,24-26,29,33,35H,4,6,9-10,15-18,20-22H2,1-2,5H3/b12-11-,28-7+/t24?,25?,26?,29-,33-,34?/m0/s1. The van der Waals surface area contributed by atoms with Crippen LogP contribution in [0.3, 0.4) is 0 Å². The Morgan fingerprint density at radius 2 is 1.89 bits per heavy atom. The van der Waals surface area contributed by atoms with Crippen molar-refractivity contribution in [2.45, 2.75) is 95.7 Å². The lowest BCUT2D eigenvalue weighted by molar-refractivity contribution is -0.130. The highest BCUT2D eigenvalue weighted by atomic mass is 16.5. The number of nitrogens with zero attached hydrogens (tertiary/aromatic N) is 1. The number of nitrogens with one attached hydrogen (secondary N) is 1. The van der Waals surface area contributed by atoms with E-state index in [2.05, 4.69) is 62.0 Å². The maximum atomic E-state index is 13.2. The van der Waals surface area contributed by atoms with Crippen LogP contribution in [0.15, 0.2) is 54.3 Å². The summed E-state index contributed by atoms with van der Waals surface area (Å²) in [7, 11) is 1.70. The lowest BCUT2D eigenvalue weighted by atomic mass is 9.53. The smallest absolute Gasteiger partial charge is 0.299 e. The second-order valence-corrected chi connectivity index (χ2v) is 12.3. The molecule has 4 nitrogen and oxygen atoms in total. The molecule has 4 fully saturated rings. The molecule has 4 aliphatic carbocycles. The number of allylic oxidation sites excluding steroid dienone is 2. The van der Waals surface area contributed by atoms with E-state index >= 15 is 0 Å². The second kappa shape index (κ2) is 11.0. The highest BCUT2D eigenvalue weighted by Crippen LogP contribution is 2.56. The topological polar surface area (TPSA) is 41.6 Å². The molecule has 0 unspecified atom stereocenters. The third-order valence-electron chi connectivity index (χ3n) is 9.61. The number of hydrogen-bond acceptors (Lipinski definition) is 3. The molecular formula is C34H44N2O2. The number of benzene rings is 1. The van der Waals surface area contributed by atoms with Crippen LogP contribution in [0.25, 0.3) is 0 Å². The number of rotatable bonds is 9. The summed E-state index contributed by atoms with van der Waals surface area (Å²) in [5.74, 6) is 5.67. The van der Waals surface area contributed by atoms with Gasteiger partial charge >= 0.3 is 0 Å². The van der Waals surface area contributed by atoms with E-state index in [1.807, 2.05) is 11.0 Å². The van der Waals surface area contributed by atoms with Gasteiger partial charge in [0.2, 0.25) is 0 Å². The minimum absolute atomic E-state index is 0.0413. The lowest BCUT2D eigenvalue weighted by Crippen LogP contribution is -2.57. The van der Waals surface area contributed by atoms with Gasteiger partial charge in [0.15, 0.2) is 0 Å². The molecule has 0 aromatic heterocycles.